The van der Waals surface area contributed by atoms with Crippen LogP contribution in [0, 0.1) is 11.8 Å². The predicted octanol–water partition coefficient (Wildman–Crippen LogP) is 3.75. The quantitative estimate of drug-likeness (QED) is 0.829. The summed E-state index contributed by atoms with van der Waals surface area (Å²) >= 11 is 5.93. The Bertz CT molecular complexity index is 578. The van der Waals surface area contributed by atoms with Gasteiger partial charge in [-0.05, 0) is 37.5 Å². The zero-order valence-electron chi connectivity index (χ0n) is 15.0. The Kier molecular flexibility index (Phi) is 6.27. The molecule has 1 unspecified atom stereocenters. The molecule has 5 heteroatoms. The van der Waals surface area contributed by atoms with Gasteiger partial charge in [0, 0.05) is 37.0 Å². The van der Waals surface area contributed by atoms with Crippen molar-refractivity contribution in [2.75, 3.05) is 20.1 Å². The molecule has 0 N–H and O–H groups in total. The van der Waals surface area contributed by atoms with E-state index in [1.807, 2.05) is 61.9 Å². The number of benzene rings is 1. The van der Waals surface area contributed by atoms with E-state index in [1.165, 1.54) is 0 Å². The summed E-state index contributed by atoms with van der Waals surface area (Å²) in [6.07, 6.45) is 1.49. The molecule has 1 aliphatic heterocycles. The third kappa shape index (κ3) is 4.29. The Hall–Kier alpha value is -1.55. The van der Waals surface area contributed by atoms with Crippen LogP contribution in [0.1, 0.15) is 45.2 Å². The number of amides is 2. The largest absolute Gasteiger partial charge is 0.342 e. The topological polar surface area (TPSA) is 40.6 Å². The molecule has 1 aromatic carbocycles. The highest BCUT2D eigenvalue weighted by Crippen LogP contribution is 2.26. The van der Waals surface area contributed by atoms with Gasteiger partial charge >= 0.3 is 0 Å². The number of halogens is 1. The maximum absolute atomic E-state index is 12.8. The molecular formula is C19H27ClN2O2. The minimum atomic E-state index is 0.000891. The van der Waals surface area contributed by atoms with E-state index in [1.54, 1.807) is 0 Å². The van der Waals surface area contributed by atoms with E-state index < -0.39 is 0 Å². The molecule has 2 amide bonds. The molecule has 0 saturated carbocycles. The average Bonchev–Trinajstić information content (AvgIpc) is 2.60. The lowest BCUT2D eigenvalue weighted by molar-refractivity contribution is -0.142. The SMILES string of the molecule is CC(C)C(=O)N1CCC(C(=O)N(C)C(C)c2ccc(Cl)cc2)CC1. The van der Waals surface area contributed by atoms with E-state index in [9.17, 15) is 9.59 Å². The third-order valence-corrected chi connectivity index (χ3v) is 5.18. The number of likely N-dealkylation sites (tertiary alicyclic amines) is 1. The van der Waals surface area contributed by atoms with Gasteiger partial charge in [-0.25, -0.2) is 0 Å². The molecule has 132 valence electrons. The van der Waals surface area contributed by atoms with Crippen LogP contribution in [0.3, 0.4) is 0 Å². The summed E-state index contributed by atoms with van der Waals surface area (Å²) < 4.78 is 0. The van der Waals surface area contributed by atoms with Gasteiger partial charge in [0.2, 0.25) is 11.8 Å². The van der Waals surface area contributed by atoms with Crippen molar-refractivity contribution in [3.05, 3.63) is 34.9 Å². The number of hydrogen-bond acceptors (Lipinski definition) is 2. The van der Waals surface area contributed by atoms with E-state index in [0.29, 0.717) is 18.1 Å². The van der Waals surface area contributed by atoms with Crippen LogP contribution in [-0.4, -0.2) is 41.8 Å². The number of nitrogens with zero attached hydrogens (tertiary/aromatic N) is 2. The molecule has 0 aromatic heterocycles. The minimum Gasteiger partial charge on any atom is -0.342 e. The summed E-state index contributed by atoms with van der Waals surface area (Å²) in [4.78, 5) is 28.5. The molecule has 1 aromatic rings. The molecule has 4 nitrogen and oxygen atoms in total. The fourth-order valence-corrected chi connectivity index (χ4v) is 3.28. The first kappa shape index (κ1) is 18.8. The Morgan fingerprint density at radius 2 is 1.67 bits per heavy atom. The number of rotatable bonds is 4. The van der Waals surface area contributed by atoms with Crippen molar-refractivity contribution in [2.45, 2.75) is 39.7 Å². The average molecular weight is 351 g/mol. The maximum atomic E-state index is 12.8. The molecule has 1 atom stereocenters. The van der Waals surface area contributed by atoms with E-state index in [2.05, 4.69) is 0 Å². The van der Waals surface area contributed by atoms with Gasteiger partial charge in [0.15, 0.2) is 0 Å². The van der Waals surface area contributed by atoms with Gasteiger partial charge in [-0.3, -0.25) is 9.59 Å². The van der Waals surface area contributed by atoms with Crippen molar-refractivity contribution in [2.24, 2.45) is 11.8 Å². The van der Waals surface area contributed by atoms with Crippen molar-refractivity contribution in [1.82, 2.24) is 9.80 Å². The minimum absolute atomic E-state index is 0.000891. The van der Waals surface area contributed by atoms with Gasteiger partial charge in [-0.2, -0.15) is 0 Å². The van der Waals surface area contributed by atoms with E-state index in [0.717, 1.165) is 18.4 Å². The first-order valence-corrected chi connectivity index (χ1v) is 9.00. The molecule has 0 aliphatic carbocycles. The van der Waals surface area contributed by atoms with Gasteiger partial charge in [-0.15, -0.1) is 0 Å². The van der Waals surface area contributed by atoms with Crippen molar-refractivity contribution in [1.29, 1.82) is 0 Å². The van der Waals surface area contributed by atoms with Gasteiger partial charge < -0.3 is 9.80 Å². The second-order valence-electron chi connectivity index (χ2n) is 6.93. The molecule has 1 aliphatic rings. The first-order valence-electron chi connectivity index (χ1n) is 8.62. The number of carbonyl (C=O) groups excluding carboxylic acids is 2. The summed E-state index contributed by atoms with van der Waals surface area (Å²) in [5.41, 5.74) is 1.07. The second-order valence-corrected chi connectivity index (χ2v) is 7.37. The van der Waals surface area contributed by atoms with Crippen LogP contribution in [0.25, 0.3) is 0 Å². The smallest absolute Gasteiger partial charge is 0.226 e. The van der Waals surface area contributed by atoms with Gasteiger partial charge in [0.05, 0.1) is 6.04 Å². The fourth-order valence-electron chi connectivity index (χ4n) is 3.16. The summed E-state index contributed by atoms with van der Waals surface area (Å²) in [6, 6.07) is 7.62. The standard InChI is InChI=1S/C19H27ClN2O2/c1-13(2)18(23)22-11-9-16(10-12-22)19(24)21(4)14(3)15-5-7-17(20)8-6-15/h5-8,13-14,16H,9-12H2,1-4H3. The van der Waals surface area contributed by atoms with Crippen LogP contribution in [0.4, 0.5) is 0 Å². The molecule has 1 fully saturated rings. The Labute approximate surface area is 149 Å². The lowest BCUT2D eigenvalue weighted by atomic mass is 9.93. The van der Waals surface area contributed by atoms with Gasteiger partial charge in [-0.1, -0.05) is 37.6 Å². The monoisotopic (exact) mass is 350 g/mol. The predicted molar refractivity (Wildman–Crippen MR) is 96.8 cm³/mol. The van der Waals surface area contributed by atoms with Gasteiger partial charge in [0.1, 0.15) is 0 Å². The summed E-state index contributed by atoms with van der Waals surface area (Å²) in [5, 5.41) is 0.696. The second kappa shape index (κ2) is 8.02. The lowest BCUT2D eigenvalue weighted by Crippen LogP contribution is -2.45. The maximum Gasteiger partial charge on any atom is 0.226 e. The molecule has 24 heavy (non-hydrogen) atoms. The highest BCUT2D eigenvalue weighted by molar-refractivity contribution is 6.30. The van der Waals surface area contributed by atoms with Crippen LogP contribution in [0.5, 0.6) is 0 Å². The lowest BCUT2D eigenvalue weighted by Gasteiger charge is -2.35. The Balaban J connectivity index is 1.94. The number of carbonyl (C=O) groups is 2. The van der Waals surface area contributed by atoms with Crippen LogP contribution in [0.15, 0.2) is 24.3 Å². The van der Waals surface area contributed by atoms with E-state index in [4.69, 9.17) is 11.6 Å². The van der Waals surface area contributed by atoms with Crippen LogP contribution in [0.2, 0.25) is 5.02 Å². The third-order valence-electron chi connectivity index (χ3n) is 4.93. The summed E-state index contributed by atoms with van der Waals surface area (Å²) in [7, 11) is 1.85. The Morgan fingerprint density at radius 1 is 1.12 bits per heavy atom. The zero-order chi connectivity index (χ0) is 17.9. The number of piperidine rings is 1. The van der Waals surface area contributed by atoms with Crippen molar-refractivity contribution >= 4 is 23.4 Å². The van der Waals surface area contributed by atoms with Crippen molar-refractivity contribution in [3.63, 3.8) is 0 Å². The molecule has 0 bridgehead atoms. The molecule has 0 radical (unpaired) electrons. The van der Waals surface area contributed by atoms with Crippen molar-refractivity contribution in [3.8, 4) is 0 Å². The molecular weight excluding hydrogens is 324 g/mol. The normalized spacial score (nSPS) is 17.0. The first-order chi connectivity index (χ1) is 11.3. The molecule has 1 heterocycles. The molecule has 1 saturated heterocycles. The van der Waals surface area contributed by atoms with Crippen LogP contribution < -0.4 is 0 Å². The molecule has 0 spiro atoms. The van der Waals surface area contributed by atoms with Gasteiger partial charge in [0.25, 0.3) is 0 Å². The zero-order valence-corrected chi connectivity index (χ0v) is 15.7. The summed E-state index contributed by atoms with van der Waals surface area (Å²) in [5.74, 6) is 0.365. The number of hydrogen-bond donors (Lipinski definition) is 0. The molecule has 2 rings (SSSR count). The van der Waals surface area contributed by atoms with Crippen molar-refractivity contribution < 1.29 is 9.59 Å². The van der Waals surface area contributed by atoms with Crippen LogP contribution in [-0.2, 0) is 9.59 Å². The highest BCUT2D eigenvalue weighted by Gasteiger charge is 2.31. The fraction of sp³-hybridized carbons (Fsp3) is 0.579. The Morgan fingerprint density at radius 3 is 2.17 bits per heavy atom. The van der Waals surface area contributed by atoms with E-state index >= 15 is 0 Å². The van der Waals surface area contributed by atoms with E-state index in [-0.39, 0.29) is 29.7 Å². The highest BCUT2D eigenvalue weighted by atomic mass is 35.5. The summed E-state index contributed by atoms with van der Waals surface area (Å²) in [6.45, 7) is 7.22. The van der Waals surface area contributed by atoms with Crippen LogP contribution >= 0.6 is 11.6 Å².